The summed E-state index contributed by atoms with van der Waals surface area (Å²) in [6, 6.07) is 23.8. The van der Waals surface area contributed by atoms with E-state index in [4.69, 9.17) is 21.3 Å². The van der Waals surface area contributed by atoms with E-state index in [9.17, 15) is 9.59 Å². The lowest BCUT2D eigenvalue weighted by molar-refractivity contribution is -0.135. The number of carbonyl (C=O) groups excluding carboxylic acids is 1. The number of benzene rings is 3. The lowest BCUT2D eigenvalue weighted by Crippen LogP contribution is -2.41. The number of fused-ring (bicyclic) bond motifs is 1. The quantitative estimate of drug-likeness (QED) is 0.321. The van der Waals surface area contributed by atoms with Crippen LogP contribution in [0.4, 0.5) is 0 Å². The highest BCUT2D eigenvalue weighted by Gasteiger charge is 2.26. The van der Waals surface area contributed by atoms with Crippen LogP contribution in [0.5, 0.6) is 5.75 Å². The van der Waals surface area contributed by atoms with Gasteiger partial charge in [-0.3, -0.25) is 14.2 Å². The molecular formula is C28H28ClN3O3. The van der Waals surface area contributed by atoms with Gasteiger partial charge in [0.1, 0.15) is 11.6 Å². The Morgan fingerprint density at radius 1 is 1.03 bits per heavy atom. The minimum atomic E-state index is -0.433. The summed E-state index contributed by atoms with van der Waals surface area (Å²) >= 11 is 5.95. The van der Waals surface area contributed by atoms with Gasteiger partial charge in [-0.15, -0.1) is 0 Å². The number of carbonyl (C=O) groups is 1. The van der Waals surface area contributed by atoms with Crippen molar-refractivity contribution in [1.82, 2.24) is 14.5 Å². The molecule has 0 fully saturated rings. The van der Waals surface area contributed by atoms with Crippen molar-refractivity contribution in [1.29, 1.82) is 0 Å². The molecule has 6 nitrogen and oxygen atoms in total. The first-order valence-electron chi connectivity index (χ1n) is 11.7. The Balaban J connectivity index is 1.64. The average Bonchev–Trinajstić information content (AvgIpc) is 2.89. The van der Waals surface area contributed by atoms with Gasteiger partial charge in [0.2, 0.25) is 0 Å². The SMILES string of the molecule is CCn1c(C(C)N(CCc2ccccc2)C(=O)COc2ccc(Cl)cc2)nc2ccccc2c1=O. The number of hydrogen-bond acceptors (Lipinski definition) is 4. The smallest absolute Gasteiger partial charge is 0.261 e. The van der Waals surface area contributed by atoms with E-state index in [0.29, 0.717) is 47.0 Å². The summed E-state index contributed by atoms with van der Waals surface area (Å²) < 4.78 is 7.40. The summed E-state index contributed by atoms with van der Waals surface area (Å²) in [5.41, 5.74) is 1.64. The van der Waals surface area contributed by atoms with Crippen LogP contribution >= 0.6 is 11.6 Å². The number of nitrogens with zero attached hydrogens (tertiary/aromatic N) is 3. The van der Waals surface area contributed by atoms with E-state index in [1.165, 1.54) is 0 Å². The van der Waals surface area contributed by atoms with Gasteiger partial charge in [-0.25, -0.2) is 4.98 Å². The van der Waals surface area contributed by atoms with Gasteiger partial charge in [-0.2, -0.15) is 0 Å². The standard InChI is InChI=1S/C28H28ClN3O3/c1-3-31-27(30-25-12-8-7-11-24(25)28(31)34)20(2)32(18-17-21-9-5-4-6-10-21)26(33)19-35-23-15-13-22(29)14-16-23/h4-16,20H,3,17-19H2,1-2H3. The van der Waals surface area contributed by atoms with E-state index >= 15 is 0 Å². The lowest BCUT2D eigenvalue weighted by Gasteiger charge is -2.30. The van der Waals surface area contributed by atoms with Crippen molar-refractivity contribution in [2.75, 3.05) is 13.2 Å². The van der Waals surface area contributed by atoms with Gasteiger partial charge in [0.15, 0.2) is 6.61 Å². The zero-order chi connectivity index (χ0) is 24.8. The minimum Gasteiger partial charge on any atom is -0.484 e. The van der Waals surface area contributed by atoms with Gasteiger partial charge < -0.3 is 9.64 Å². The molecule has 35 heavy (non-hydrogen) atoms. The fraction of sp³-hybridized carbons (Fsp3) is 0.250. The molecular weight excluding hydrogens is 462 g/mol. The van der Waals surface area contributed by atoms with Crippen LogP contribution < -0.4 is 10.3 Å². The normalized spacial score (nSPS) is 11.9. The molecule has 0 radical (unpaired) electrons. The molecule has 1 unspecified atom stereocenters. The highest BCUT2D eigenvalue weighted by Crippen LogP contribution is 2.22. The van der Waals surface area contributed by atoms with Gasteiger partial charge in [-0.1, -0.05) is 54.1 Å². The van der Waals surface area contributed by atoms with Crippen LogP contribution in [0.25, 0.3) is 10.9 Å². The second kappa shape index (κ2) is 11.2. The number of amides is 1. The Labute approximate surface area is 209 Å². The Bertz CT molecular complexity index is 1350. The van der Waals surface area contributed by atoms with Crippen molar-refractivity contribution in [3.63, 3.8) is 0 Å². The maximum absolute atomic E-state index is 13.4. The van der Waals surface area contributed by atoms with Crippen LogP contribution in [-0.2, 0) is 17.8 Å². The van der Waals surface area contributed by atoms with E-state index in [1.54, 1.807) is 39.8 Å². The molecule has 1 heterocycles. The predicted molar refractivity (Wildman–Crippen MR) is 139 cm³/mol. The first-order valence-corrected chi connectivity index (χ1v) is 12.1. The maximum Gasteiger partial charge on any atom is 0.261 e. The topological polar surface area (TPSA) is 64.4 Å². The van der Waals surface area contributed by atoms with Gasteiger partial charge >= 0.3 is 0 Å². The van der Waals surface area contributed by atoms with Gasteiger partial charge in [0, 0.05) is 18.1 Å². The fourth-order valence-electron chi connectivity index (χ4n) is 4.14. The number of para-hydroxylation sites is 1. The Morgan fingerprint density at radius 3 is 2.43 bits per heavy atom. The molecule has 1 aromatic heterocycles. The molecule has 0 N–H and O–H groups in total. The van der Waals surface area contributed by atoms with E-state index in [0.717, 1.165) is 5.56 Å². The van der Waals surface area contributed by atoms with Crippen LogP contribution in [0, 0.1) is 0 Å². The maximum atomic E-state index is 13.4. The molecule has 0 aliphatic heterocycles. The summed E-state index contributed by atoms with van der Waals surface area (Å²) in [4.78, 5) is 33.2. The summed E-state index contributed by atoms with van der Waals surface area (Å²) in [5.74, 6) is 0.935. The summed E-state index contributed by atoms with van der Waals surface area (Å²) in [5, 5.41) is 1.17. The van der Waals surface area contributed by atoms with Crippen LogP contribution in [0.1, 0.15) is 31.3 Å². The molecule has 3 aromatic carbocycles. The first kappa shape index (κ1) is 24.5. The van der Waals surface area contributed by atoms with E-state index < -0.39 is 6.04 Å². The number of halogens is 1. The molecule has 0 aliphatic carbocycles. The molecule has 7 heteroatoms. The van der Waals surface area contributed by atoms with Crippen LogP contribution in [0.3, 0.4) is 0 Å². The predicted octanol–water partition coefficient (Wildman–Crippen LogP) is 5.28. The molecule has 0 bridgehead atoms. The molecule has 1 atom stereocenters. The van der Waals surface area contributed by atoms with Crippen molar-refractivity contribution in [3.05, 3.63) is 106 Å². The molecule has 4 rings (SSSR count). The Kier molecular flexibility index (Phi) is 7.83. The van der Waals surface area contributed by atoms with Gasteiger partial charge in [-0.05, 0) is 62.2 Å². The van der Waals surface area contributed by atoms with Gasteiger partial charge in [0.25, 0.3) is 11.5 Å². The second-order valence-electron chi connectivity index (χ2n) is 8.28. The largest absolute Gasteiger partial charge is 0.484 e. The van der Waals surface area contributed by atoms with Gasteiger partial charge in [0.05, 0.1) is 16.9 Å². The van der Waals surface area contributed by atoms with Crippen molar-refractivity contribution >= 4 is 28.4 Å². The molecule has 0 saturated heterocycles. The number of ether oxygens (including phenoxy) is 1. The Morgan fingerprint density at radius 2 is 1.71 bits per heavy atom. The van der Waals surface area contributed by atoms with E-state index in [1.807, 2.05) is 62.4 Å². The molecule has 4 aromatic rings. The third-order valence-corrected chi connectivity index (χ3v) is 6.28. The monoisotopic (exact) mass is 489 g/mol. The number of hydrogen-bond donors (Lipinski definition) is 0. The summed E-state index contributed by atoms with van der Waals surface area (Å²) in [6.07, 6.45) is 0.668. The van der Waals surface area contributed by atoms with Crippen molar-refractivity contribution in [2.45, 2.75) is 32.9 Å². The molecule has 180 valence electrons. The molecule has 0 spiro atoms. The highest BCUT2D eigenvalue weighted by molar-refractivity contribution is 6.30. The minimum absolute atomic E-state index is 0.104. The van der Waals surface area contributed by atoms with Crippen molar-refractivity contribution < 1.29 is 9.53 Å². The zero-order valence-electron chi connectivity index (χ0n) is 19.9. The molecule has 0 saturated carbocycles. The highest BCUT2D eigenvalue weighted by atomic mass is 35.5. The number of aromatic nitrogens is 2. The number of rotatable bonds is 9. The van der Waals surface area contributed by atoms with Crippen molar-refractivity contribution in [3.8, 4) is 5.75 Å². The van der Waals surface area contributed by atoms with E-state index in [-0.39, 0.29) is 18.1 Å². The Hall–Kier alpha value is -3.64. The van der Waals surface area contributed by atoms with Crippen molar-refractivity contribution in [2.24, 2.45) is 0 Å². The summed E-state index contributed by atoms with van der Waals surface area (Å²) in [6.45, 7) is 4.60. The molecule has 0 aliphatic rings. The van der Waals surface area contributed by atoms with Crippen LogP contribution in [-0.4, -0.2) is 33.5 Å². The van der Waals surface area contributed by atoms with E-state index in [2.05, 4.69) is 0 Å². The summed E-state index contributed by atoms with van der Waals surface area (Å²) in [7, 11) is 0. The molecule has 1 amide bonds. The third-order valence-electron chi connectivity index (χ3n) is 6.03. The lowest BCUT2D eigenvalue weighted by atomic mass is 10.1. The first-order chi connectivity index (χ1) is 17.0. The second-order valence-corrected chi connectivity index (χ2v) is 8.71. The van der Waals surface area contributed by atoms with Crippen LogP contribution in [0.15, 0.2) is 83.7 Å². The third kappa shape index (κ3) is 5.72. The average molecular weight is 490 g/mol. The fourth-order valence-corrected chi connectivity index (χ4v) is 4.26. The zero-order valence-corrected chi connectivity index (χ0v) is 20.6. The van der Waals surface area contributed by atoms with Crippen LogP contribution in [0.2, 0.25) is 5.02 Å².